The van der Waals surface area contributed by atoms with Gasteiger partial charge in [-0.05, 0) is 111 Å². The van der Waals surface area contributed by atoms with Crippen molar-refractivity contribution in [1.29, 1.82) is 0 Å². The van der Waals surface area contributed by atoms with Crippen molar-refractivity contribution in [1.82, 2.24) is 0 Å². The Bertz CT molecular complexity index is 1480. The third kappa shape index (κ3) is 9.89. The lowest BCUT2D eigenvalue weighted by Gasteiger charge is -2.42. The normalized spacial score (nSPS) is 43.4. The van der Waals surface area contributed by atoms with Crippen molar-refractivity contribution in [3.8, 4) is 0 Å². The smallest absolute Gasteiger partial charge is 0.191 e. The van der Waals surface area contributed by atoms with E-state index in [2.05, 4.69) is 74.8 Å². The van der Waals surface area contributed by atoms with Crippen molar-refractivity contribution in [2.45, 2.75) is 229 Å². The summed E-state index contributed by atoms with van der Waals surface area (Å²) in [5.41, 5.74) is 2.34. The number of hydrogen-bond donors (Lipinski definition) is 1. The van der Waals surface area contributed by atoms with Crippen LogP contribution in [-0.4, -0.2) is 105 Å². The van der Waals surface area contributed by atoms with Crippen LogP contribution in [-0.2, 0) is 37.6 Å². The van der Waals surface area contributed by atoms with Crippen LogP contribution in [0.1, 0.15) is 126 Å². The number of ether oxygens (including phenoxy) is 7. The second-order valence-corrected chi connectivity index (χ2v) is 25.2. The fourth-order valence-electron chi connectivity index (χ4n) is 12.2. The van der Waals surface area contributed by atoms with Gasteiger partial charge in [-0.25, -0.2) is 0 Å². The highest BCUT2D eigenvalue weighted by Gasteiger charge is 2.67. The zero-order valence-corrected chi connectivity index (χ0v) is 39.4. The second-order valence-electron chi connectivity index (χ2n) is 20.4. The van der Waals surface area contributed by atoms with Gasteiger partial charge in [-0.15, -0.1) is 13.2 Å². The van der Waals surface area contributed by atoms with Crippen LogP contribution in [0.25, 0.3) is 0 Å². The second kappa shape index (κ2) is 19.9. The van der Waals surface area contributed by atoms with E-state index in [1.807, 2.05) is 12.2 Å². The molecule has 0 aromatic heterocycles. The summed E-state index contributed by atoms with van der Waals surface area (Å²) in [6.45, 7) is 33.8. The Morgan fingerprint density at radius 2 is 1.52 bits per heavy atom. The molecule has 8 saturated heterocycles. The molecule has 19 atom stereocenters. The molecule has 340 valence electrons. The summed E-state index contributed by atoms with van der Waals surface area (Å²) in [5, 5.41) is 11.0. The molecule has 8 aliphatic heterocycles. The standard InChI is InChI=1S/C50H82O9Si/c1-12-17-36(51)26-39-34(10)42(23-30(6)29-52-60(14-3,15-4)16-5)55-44(39)27-43-33(9)31(7)24-37(54-43)19-20-40-32(8)25-38(53-40)21-22-50-28-45-47(59-50)49-48(57-45)46(58-50)35(11)41(56-49)18-13-2/h12-13,30-31,34-49,51H,1-2,8-9,14-29H2,3-7,10-11H3/t30-,31+,34+,35?,36?,37-,38-,39+,40?,41-,42+,43+,44?,45+,46-,47-,48-,49-,50+/m0/s1. The summed E-state index contributed by atoms with van der Waals surface area (Å²) in [5.74, 6) is 0.874. The summed E-state index contributed by atoms with van der Waals surface area (Å²) in [7, 11) is -1.65. The highest BCUT2D eigenvalue weighted by Crippen LogP contribution is 2.54. The van der Waals surface area contributed by atoms with Gasteiger partial charge < -0.3 is 42.7 Å². The molecule has 1 N–H and O–H groups in total. The minimum Gasteiger partial charge on any atom is -0.417 e. The van der Waals surface area contributed by atoms with Crippen LogP contribution in [0.3, 0.4) is 0 Å². The van der Waals surface area contributed by atoms with Crippen LogP contribution in [0.2, 0.25) is 18.1 Å². The zero-order chi connectivity index (χ0) is 42.9. The molecule has 0 radical (unpaired) electrons. The first-order valence-corrected chi connectivity index (χ1v) is 26.8. The Balaban J connectivity index is 0.918. The van der Waals surface area contributed by atoms with Crippen LogP contribution in [0.5, 0.6) is 0 Å². The molecule has 8 fully saturated rings. The molecule has 6 bridgehead atoms. The van der Waals surface area contributed by atoms with E-state index in [-0.39, 0.29) is 85.1 Å². The molecule has 0 amide bonds. The van der Waals surface area contributed by atoms with E-state index in [4.69, 9.17) is 37.6 Å². The van der Waals surface area contributed by atoms with Crippen molar-refractivity contribution in [2.24, 2.45) is 29.6 Å². The molecule has 10 heteroatoms. The largest absolute Gasteiger partial charge is 0.417 e. The number of aliphatic hydroxyl groups is 1. The Morgan fingerprint density at radius 1 is 0.800 bits per heavy atom. The summed E-state index contributed by atoms with van der Waals surface area (Å²) in [4.78, 5) is 0. The van der Waals surface area contributed by atoms with Crippen molar-refractivity contribution in [2.75, 3.05) is 6.61 Å². The predicted molar refractivity (Wildman–Crippen MR) is 239 cm³/mol. The predicted octanol–water partition coefficient (Wildman–Crippen LogP) is 10.0. The molecular formula is C50H82O9Si. The molecule has 8 aliphatic rings. The van der Waals surface area contributed by atoms with Crippen molar-refractivity contribution < 1.29 is 42.7 Å². The lowest BCUT2D eigenvalue weighted by molar-refractivity contribution is -0.262. The van der Waals surface area contributed by atoms with Gasteiger partial charge in [0.2, 0.25) is 0 Å². The van der Waals surface area contributed by atoms with Gasteiger partial charge in [-0.2, -0.15) is 0 Å². The lowest BCUT2D eigenvalue weighted by Crippen LogP contribution is -2.54. The highest BCUT2D eigenvalue weighted by atomic mass is 28.4. The number of rotatable bonds is 22. The quantitative estimate of drug-likeness (QED) is 0.0844. The molecule has 0 spiro atoms. The van der Waals surface area contributed by atoms with E-state index in [9.17, 15) is 5.11 Å². The van der Waals surface area contributed by atoms with Gasteiger partial charge in [-0.3, -0.25) is 0 Å². The van der Waals surface area contributed by atoms with Gasteiger partial charge in [0.15, 0.2) is 14.1 Å². The fourth-order valence-corrected chi connectivity index (χ4v) is 15.0. The van der Waals surface area contributed by atoms with Gasteiger partial charge in [-0.1, -0.05) is 73.8 Å². The zero-order valence-electron chi connectivity index (χ0n) is 38.4. The van der Waals surface area contributed by atoms with Crippen molar-refractivity contribution >= 4 is 8.32 Å². The summed E-state index contributed by atoms with van der Waals surface area (Å²) in [6.07, 6.45) is 13.3. The summed E-state index contributed by atoms with van der Waals surface area (Å²) >= 11 is 0. The minimum absolute atomic E-state index is 0.00311. The molecule has 0 aromatic rings. The first-order chi connectivity index (χ1) is 28.7. The van der Waals surface area contributed by atoms with Gasteiger partial charge in [0.1, 0.15) is 18.3 Å². The van der Waals surface area contributed by atoms with E-state index in [1.54, 1.807) is 0 Å². The molecule has 0 saturated carbocycles. The number of hydrogen-bond acceptors (Lipinski definition) is 9. The van der Waals surface area contributed by atoms with E-state index in [1.165, 1.54) is 29.3 Å². The Hall–Kier alpha value is -1.18. The van der Waals surface area contributed by atoms with Gasteiger partial charge in [0.25, 0.3) is 0 Å². The molecule has 4 unspecified atom stereocenters. The maximum atomic E-state index is 11.0. The van der Waals surface area contributed by atoms with Crippen LogP contribution in [0.15, 0.2) is 49.6 Å². The third-order valence-electron chi connectivity index (χ3n) is 16.4. The average Bonchev–Trinajstić information content (AvgIpc) is 3.89. The summed E-state index contributed by atoms with van der Waals surface area (Å²) < 4.78 is 54.1. The van der Waals surface area contributed by atoms with E-state index in [0.29, 0.717) is 30.6 Å². The highest BCUT2D eigenvalue weighted by molar-refractivity contribution is 6.73. The molecule has 8 heterocycles. The van der Waals surface area contributed by atoms with Crippen molar-refractivity contribution in [3.63, 3.8) is 0 Å². The van der Waals surface area contributed by atoms with E-state index < -0.39 is 20.2 Å². The minimum atomic E-state index is -1.65. The van der Waals surface area contributed by atoms with Crippen LogP contribution in [0, 0.1) is 29.6 Å². The van der Waals surface area contributed by atoms with Gasteiger partial charge in [0.05, 0.1) is 61.0 Å². The molecule has 0 aromatic carbocycles. The lowest BCUT2D eigenvalue weighted by atomic mass is 9.78. The Labute approximate surface area is 364 Å². The van der Waals surface area contributed by atoms with Gasteiger partial charge in [0, 0.05) is 31.8 Å². The van der Waals surface area contributed by atoms with Crippen LogP contribution >= 0.6 is 0 Å². The third-order valence-corrected chi connectivity index (χ3v) is 21.0. The Kier molecular flexibility index (Phi) is 15.5. The molecule has 9 nitrogen and oxygen atoms in total. The monoisotopic (exact) mass is 855 g/mol. The maximum absolute atomic E-state index is 11.0. The van der Waals surface area contributed by atoms with Crippen LogP contribution < -0.4 is 0 Å². The average molecular weight is 855 g/mol. The van der Waals surface area contributed by atoms with E-state index >= 15 is 0 Å². The molecule has 8 rings (SSSR count). The van der Waals surface area contributed by atoms with Gasteiger partial charge >= 0.3 is 0 Å². The topological polar surface area (TPSA) is 94.1 Å². The SMILES string of the molecule is C=CCC(O)C[C@H]1C(C[C@H]2O[C@@H](CCC3O[C@@H](CC[C@@]45C[C@H]6O[C@@H]7[C@@H](O[C@@H](CC=C)C(C)[C@@H]7O4)[C@H]6O5)CC3=C)C[C@@H](C)C2=C)O[C@H](C[C@H](C)CO[Si](CC)(CC)CC)[C@@H]1C. The van der Waals surface area contributed by atoms with E-state index in [0.717, 1.165) is 70.8 Å². The maximum Gasteiger partial charge on any atom is 0.191 e. The number of aliphatic hydroxyl groups excluding tert-OH is 1. The van der Waals surface area contributed by atoms with Crippen molar-refractivity contribution in [3.05, 3.63) is 49.6 Å². The fraction of sp³-hybridized carbons (Fsp3) is 0.840. The van der Waals surface area contributed by atoms with Crippen LogP contribution in [0.4, 0.5) is 0 Å². The first kappa shape index (κ1) is 46.8. The molecule has 60 heavy (non-hydrogen) atoms. The first-order valence-electron chi connectivity index (χ1n) is 24.3. The summed E-state index contributed by atoms with van der Waals surface area (Å²) in [6, 6.07) is 3.50. The Morgan fingerprint density at radius 3 is 2.23 bits per heavy atom. The molecular weight excluding hydrogens is 773 g/mol. The molecule has 0 aliphatic carbocycles.